The van der Waals surface area contributed by atoms with E-state index in [9.17, 15) is 9.59 Å². The average molecular weight is 406 g/mol. The number of anilines is 1. The lowest BCUT2D eigenvalue weighted by atomic mass is 10.1. The van der Waals surface area contributed by atoms with Crippen LogP contribution >= 0.6 is 23.4 Å². The maximum Gasteiger partial charge on any atom is 0.298 e. The Labute approximate surface area is 165 Å². The Morgan fingerprint density at radius 1 is 0.963 bits per heavy atom. The molecule has 3 rings (SSSR count). The highest BCUT2D eigenvalue weighted by atomic mass is 35.5. The Morgan fingerprint density at radius 3 is 2.26 bits per heavy atom. The second-order valence-electron chi connectivity index (χ2n) is 5.42. The maximum absolute atomic E-state index is 12.8. The van der Waals surface area contributed by atoms with E-state index in [1.165, 1.54) is 21.3 Å². The van der Waals surface area contributed by atoms with E-state index in [4.69, 9.17) is 25.8 Å². The average Bonchev–Trinajstić information content (AvgIpc) is 2.96. The van der Waals surface area contributed by atoms with Crippen molar-refractivity contribution in [1.29, 1.82) is 0 Å². The lowest BCUT2D eigenvalue weighted by Gasteiger charge is -2.15. The summed E-state index contributed by atoms with van der Waals surface area (Å²) in [7, 11) is 4.49. The molecule has 2 aromatic rings. The van der Waals surface area contributed by atoms with Crippen LogP contribution in [0.5, 0.6) is 17.2 Å². The van der Waals surface area contributed by atoms with Crippen LogP contribution in [0.1, 0.15) is 5.56 Å². The Kier molecular flexibility index (Phi) is 5.62. The Balaban J connectivity index is 2.00. The molecule has 0 aromatic heterocycles. The molecule has 27 heavy (non-hydrogen) atoms. The van der Waals surface area contributed by atoms with Gasteiger partial charge in [0.15, 0.2) is 11.5 Å². The number of carbonyl (C=O) groups is 2. The molecule has 0 N–H and O–H groups in total. The minimum Gasteiger partial charge on any atom is -0.495 e. The van der Waals surface area contributed by atoms with Crippen molar-refractivity contribution in [3.8, 4) is 17.2 Å². The maximum atomic E-state index is 12.8. The number of hydrogen-bond acceptors (Lipinski definition) is 6. The molecule has 1 saturated heterocycles. The van der Waals surface area contributed by atoms with Gasteiger partial charge in [0.2, 0.25) is 0 Å². The van der Waals surface area contributed by atoms with Crippen LogP contribution in [0.2, 0.25) is 5.02 Å². The van der Waals surface area contributed by atoms with Crippen LogP contribution in [0.15, 0.2) is 41.3 Å². The second kappa shape index (κ2) is 7.94. The molecular formula is C19H16ClNO5S. The standard InChI is InChI=1S/C19H16ClNO5S/c1-24-14-7-5-4-6-13(14)21-18(22)17(27-19(21)23)9-11-8-15(25-2)16(26-3)10-12(11)20/h4-10H,1-3H3/b17-9-. The third-order valence-electron chi connectivity index (χ3n) is 3.91. The summed E-state index contributed by atoms with van der Waals surface area (Å²) in [6, 6.07) is 10.1. The van der Waals surface area contributed by atoms with Crippen molar-refractivity contribution in [1.82, 2.24) is 0 Å². The van der Waals surface area contributed by atoms with E-state index >= 15 is 0 Å². The summed E-state index contributed by atoms with van der Waals surface area (Å²) in [6.07, 6.45) is 1.56. The topological polar surface area (TPSA) is 65.1 Å². The van der Waals surface area contributed by atoms with Gasteiger partial charge in [-0.25, -0.2) is 4.90 Å². The van der Waals surface area contributed by atoms with E-state index in [0.717, 1.165) is 16.7 Å². The molecule has 1 fully saturated rings. The van der Waals surface area contributed by atoms with Crippen LogP contribution in [-0.4, -0.2) is 32.5 Å². The quantitative estimate of drug-likeness (QED) is 0.677. The van der Waals surface area contributed by atoms with Crippen LogP contribution < -0.4 is 19.1 Å². The molecule has 0 bridgehead atoms. The van der Waals surface area contributed by atoms with Crippen LogP contribution in [0.25, 0.3) is 6.08 Å². The number of methoxy groups -OCH3 is 3. The zero-order valence-electron chi connectivity index (χ0n) is 14.8. The Morgan fingerprint density at radius 2 is 1.59 bits per heavy atom. The van der Waals surface area contributed by atoms with Crippen LogP contribution in [-0.2, 0) is 4.79 Å². The summed E-state index contributed by atoms with van der Waals surface area (Å²) in [4.78, 5) is 26.6. The van der Waals surface area contributed by atoms with E-state index < -0.39 is 11.1 Å². The number of benzene rings is 2. The van der Waals surface area contributed by atoms with E-state index in [1.54, 1.807) is 42.5 Å². The molecule has 0 unspecified atom stereocenters. The number of rotatable bonds is 5. The lowest BCUT2D eigenvalue weighted by molar-refractivity contribution is -0.113. The van der Waals surface area contributed by atoms with Crippen molar-refractivity contribution >= 4 is 46.3 Å². The first-order valence-corrected chi connectivity index (χ1v) is 9.02. The van der Waals surface area contributed by atoms with Gasteiger partial charge >= 0.3 is 0 Å². The summed E-state index contributed by atoms with van der Waals surface area (Å²) in [6.45, 7) is 0. The van der Waals surface area contributed by atoms with Crippen LogP contribution in [0.4, 0.5) is 10.5 Å². The Hall–Kier alpha value is -2.64. The predicted molar refractivity (Wildman–Crippen MR) is 106 cm³/mol. The number of nitrogens with zero attached hydrogens (tertiary/aromatic N) is 1. The number of amides is 2. The van der Waals surface area contributed by atoms with E-state index in [-0.39, 0.29) is 4.91 Å². The molecule has 1 aliphatic heterocycles. The van der Waals surface area contributed by atoms with Crippen molar-refractivity contribution in [2.24, 2.45) is 0 Å². The summed E-state index contributed by atoms with van der Waals surface area (Å²) >= 11 is 7.12. The number of thioether (sulfide) groups is 1. The highest BCUT2D eigenvalue weighted by molar-refractivity contribution is 8.19. The number of carbonyl (C=O) groups excluding carboxylic acids is 2. The molecule has 1 aliphatic rings. The highest BCUT2D eigenvalue weighted by Gasteiger charge is 2.37. The van der Waals surface area contributed by atoms with Gasteiger partial charge in [0.25, 0.3) is 11.1 Å². The smallest absolute Gasteiger partial charge is 0.298 e. The van der Waals surface area contributed by atoms with Gasteiger partial charge in [-0.15, -0.1) is 0 Å². The molecule has 0 radical (unpaired) electrons. The molecule has 0 saturated carbocycles. The normalized spacial score (nSPS) is 15.4. The van der Waals surface area contributed by atoms with Gasteiger partial charge in [-0.2, -0.15) is 0 Å². The number of hydrogen-bond donors (Lipinski definition) is 0. The fourth-order valence-electron chi connectivity index (χ4n) is 2.61. The van der Waals surface area contributed by atoms with Crippen molar-refractivity contribution in [3.63, 3.8) is 0 Å². The molecule has 0 aliphatic carbocycles. The number of imide groups is 1. The van der Waals surface area contributed by atoms with Gasteiger partial charge in [0, 0.05) is 6.07 Å². The summed E-state index contributed by atoms with van der Waals surface area (Å²) in [5.41, 5.74) is 0.934. The summed E-state index contributed by atoms with van der Waals surface area (Å²) < 4.78 is 15.7. The van der Waals surface area contributed by atoms with Gasteiger partial charge in [-0.05, 0) is 41.6 Å². The minimum absolute atomic E-state index is 0.250. The molecule has 0 atom stereocenters. The largest absolute Gasteiger partial charge is 0.495 e. The molecule has 2 aromatic carbocycles. The lowest BCUT2D eigenvalue weighted by Crippen LogP contribution is -2.28. The van der Waals surface area contributed by atoms with E-state index in [0.29, 0.717) is 33.5 Å². The first kappa shape index (κ1) is 19.1. The van der Waals surface area contributed by atoms with Crippen LogP contribution in [0.3, 0.4) is 0 Å². The zero-order valence-corrected chi connectivity index (χ0v) is 16.4. The molecule has 2 amide bonds. The fourth-order valence-corrected chi connectivity index (χ4v) is 3.65. The van der Waals surface area contributed by atoms with E-state index in [1.807, 2.05) is 0 Å². The molecule has 0 spiro atoms. The molecule has 8 heteroatoms. The molecule has 1 heterocycles. The number of ether oxygens (including phenoxy) is 3. The first-order valence-electron chi connectivity index (χ1n) is 7.82. The molecular weight excluding hydrogens is 390 g/mol. The van der Waals surface area contributed by atoms with E-state index in [2.05, 4.69) is 0 Å². The van der Waals surface area contributed by atoms with Gasteiger partial charge < -0.3 is 14.2 Å². The van der Waals surface area contributed by atoms with Crippen molar-refractivity contribution in [2.75, 3.05) is 26.2 Å². The minimum atomic E-state index is -0.444. The highest BCUT2D eigenvalue weighted by Crippen LogP contribution is 2.41. The summed E-state index contributed by atoms with van der Waals surface area (Å²) in [5.74, 6) is 0.935. The molecule has 140 valence electrons. The SMILES string of the molecule is COc1cc(Cl)c(/C=C2\SC(=O)N(c3ccccc3OC)C2=O)cc1OC. The van der Waals surface area contributed by atoms with Crippen molar-refractivity contribution in [3.05, 3.63) is 51.9 Å². The van der Waals surface area contributed by atoms with Crippen molar-refractivity contribution < 1.29 is 23.8 Å². The third-order valence-corrected chi connectivity index (χ3v) is 5.11. The monoisotopic (exact) mass is 405 g/mol. The molecule has 6 nitrogen and oxygen atoms in total. The van der Waals surface area contributed by atoms with Gasteiger partial charge in [-0.3, -0.25) is 9.59 Å². The summed E-state index contributed by atoms with van der Waals surface area (Å²) in [5, 5.41) is -0.0379. The second-order valence-corrected chi connectivity index (χ2v) is 6.82. The third kappa shape index (κ3) is 3.61. The fraction of sp³-hybridized carbons (Fsp3) is 0.158. The van der Waals surface area contributed by atoms with Gasteiger partial charge in [-0.1, -0.05) is 23.7 Å². The van der Waals surface area contributed by atoms with Gasteiger partial charge in [0.05, 0.1) is 36.9 Å². The number of para-hydroxylation sites is 2. The first-order chi connectivity index (χ1) is 13.0. The zero-order chi connectivity index (χ0) is 19.6. The van der Waals surface area contributed by atoms with Crippen LogP contribution in [0, 0.1) is 0 Å². The number of halogens is 1. The predicted octanol–water partition coefficient (Wildman–Crippen LogP) is 4.61. The van der Waals surface area contributed by atoms with Crippen molar-refractivity contribution in [2.45, 2.75) is 0 Å². The Bertz CT molecular complexity index is 944. The van der Waals surface area contributed by atoms with Gasteiger partial charge in [0.1, 0.15) is 5.75 Å².